The number of hydrogen-bond donors (Lipinski definition) is 3. The van der Waals surface area contributed by atoms with Crippen LogP contribution in [0.15, 0.2) is 9.59 Å². The highest BCUT2D eigenvalue weighted by atomic mass is 16.5. The molecule has 0 bridgehead atoms. The Bertz CT molecular complexity index is 1320. The van der Waals surface area contributed by atoms with Crippen molar-refractivity contribution in [1.29, 1.82) is 5.41 Å². The molecule has 12 nitrogen and oxygen atoms in total. The summed E-state index contributed by atoms with van der Waals surface area (Å²) in [6, 6.07) is -0.622. The molecule has 212 valence electrons. The molecule has 1 aromatic heterocycles. The minimum Gasteiger partial charge on any atom is -0.494 e. The molecule has 6 rings (SSSR count). The molecule has 1 atom stereocenters. The second-order valence-corrected chi connectivity index (χ2v) is 12.6. The molecule has 5 aliphatic rings. The lowest BCUT2D eigenvalue weighted by Gasteiger charge is -2.58. The molecular formula is C27H38N6O6. The van der Waals surface area contributed by atoms with E-state index >= 15 is 0 Å². The number of carbonyl (C=O) groups is 2. The van der Waals surface area contributed by atoms with Crippen molar-refractivity contribution in [3.63, 3.8) is 0 Å². The molecule has 3 heterocycles. The summed E-state index contributed by atoms with van der Waals surface area (Å²) in [4.78, 5) is 56.1. The Balaban J connectivity index is 1.22. The maximum Gasteiger partial charge on any atom is 0.334 e. The van der Waals surface area contributed by atoms with E-state index in [0.29, 0.717) is 52.0 Å². The smallest absolute Gasteiger partial charge is 0.334 e. The third kappa shape index (κ3) is 3.93. The van der Waals surface area contributed by atoms with E-state index in [2.05, 4.69) is 0 Å². The van der Waals surface area contributed by atoms with Gasteiger partial charge in [0.25, 0.3) is 11.5 Å². The zero-order valence-corrected chi connectivity index (χ0v) is 22.5. The van der Waals surface area contributed by atoms with Gasteiger partial charge in [0, 0.05) is 38.7 Å². The number of ether oxygens (including phenoxy) is 1. The Labute approximate surface area is 226 Å². The molecule has 39 heavy (non-hydrogen) atoms. The standard InChI is InChI=1S/C27H38N6O6/c1-30-23(36)27(32(24(30)37)12-17-7-10-39-13-17)14-26(15-27)8-5-18(6-9-26)33-22(35)19(20(28)29)21(34)31(25(33)38)11-16-3-2-4-16/h16-18,34H,2-15H2,1H3,(H3,28,29)/t17-,18?,26?,27?/m1/s1. The van der Waals surface area contributed by atoms with Crippen LogP contribution in [-0.2, 0) is 16.1 Å². The fraction of sp³-hybridized carbons (Fsp3) is 0.741. The number of nitrogen functional groups attached to an aromatic ring is 1. The predicted molar refractivity (Wildman–Crippen MR) is 141 cm³/mol. The molecule has 2 spiro atoms. The van der Waals surface area contributed by atoms with Crippen LogP contribution in [0.2, 0.25) is 0 Å². The Morgan fingerprint density at radius 3 is 2.31 bits per heavy atom. The first-order valence-electron chi connectivity index (χ1n) is 14.2. The molecule has 12 heteroatoms. The van der Waals surface area contributed by atoms with Gasteiger partial charge in [0.2, 0.25) is 5.88 Å². The van der Waals surface area contributed by atoms with Crippen molar-refractivity contribution in [2.24, 2.45) is 23.0 Å². The van der Waals surface area contributed by atoms with Gasteiger partial charge in [0.05, 0.1) is 6.61 Å². The van der Waals surface area contributed by atoms with Gasteiger partial charge >= 0.3 is 11.7 Å². The summed E-state index contributed by atoms with van der Waals surface area (Å²) >= 11 is 0. The van der Waals surface area contributed by atoms with Crippen molar-refractivity contribution >= 4 is 17.8 Å². The van der Waals surface area contributed by atoms with Gasteiger partial charge in [0.1, 0.15) is 16.9 Å². The molecule has 2 aliphatic heterocycles. The number of aromatic nitrogens is 2. The molecule has 2 saturated heterocycles. The number of rotatable bonds is 6. The number of nitrogens with zero attached hydrogens (tertiary/aromatic N) is 4. The molecule has 0 radical (unpaired) electrons. The molecule has 3 saturated carbocycles. The average molecular weight is 543 g/mol. The van der Waals surface area contributed by atoms with Crippen LogP contribution in [0, 0.1) is 22.7 Å². The fourth-order valence-corrected chi connectivity index (χ4v) is 7.79. The van der Waals surface area contributed by atoms with E-state index in [0.717, 1.165) is 38.5 Å². The van der Waals surface area contributed by atoms with Crippen LogP contribution < -0.4 is 17.0 Å². The zero-order chi connectivity index (χ0) is 27.7. The molecule has 1 aromatic rings. The number of nitrogens with two attached hydrogens (primary N) is 1. The largest absolute Gasteiger partial charge is 0.494 e. The molecule has 5 fully saturated rings. The first-order chi connectivity index (χ1) is 18.6. The summed E-state index contributed by atoms with van der Waals surface area (Å²) in [5.41, 5.74) is 3.15. The predicted octanol–water partition coefficient (Wildman–Crippen LogP) is 1.36. The van der Waals surface area contributed by atoms with Crippen LogP contribution in [0.25, 0.3) is 0 Å². The van der Waals surface area contributed by atoms with E-state index in [4.69, 9.17) is 15.9 Å². The van der Waals surface area contributed by atoms with Crippen LogP contribution in [0.4, 0.5) is 4.79 Å². The minimum atomic E-state index is -0.812. The number of amidine groups is 1. The van der Waals surface area contributed by atoms with Gasteiger partial charge in [0.15, 0.2) is 0 Å². The van der Waals surface area contributed by atoms with E-state index in [-0.39, 0.29) is 40.8 Å². The van der Waals surface area contributed by atoms with Gasteiger partial charge in [-0.15, -0.1) is 0 Å². The van der Waals surface area contributed by atoms with Gasteiger partial charge in [-0.25, -0.2) is 9.59 Å². The van der Waals surface area contributed by atoms with Gasteiger partial charge in [-0.3, -0.25) is 29.0 Å². The van der Waals surface area contributed by atoms with Crippen molar-refractivity contribution < 1.29 is 19.4 Å². The third-order valence-corrected chi connectivity index (χ3v) is 10.2. The average Bonchev–Trinajstić information content (AvgIpc) is 3.42. The minimum absolute atomic E-state index is 0.128. The first kappa shape index (κ1) is 26.1. The third-order valence-electron chi connectivity index (χ3n) is 10.2. The van der Waals surface area contributed by atoms with Crippen LogP contribution >= 0.6 is 0 Å². The lowest BCUT2D eigenvalue weighted by Crippen LogP contribution is -2.64. The second kappa shape index (κ2) is 9.21. The van der Waals surface area contributed by atoms with Crippen molar-refractivity contribution in [3.05, 3.63) is 26.4 Å². The van der Waals surface area contributed by atoms with Crippen LogP contribution in [0.3, 0.4) is 0 Å². The van der Waals surface area contributed by atoms with E-state index in [1.54, 1.807) is 11.9 Å². The summed E-state index contributed by atoms with van der Waals surface area (Å²) in [5.74, 6) is -0.725. The molecule has 0 unspecified atom stereocenters. The van der Waals surface area contributed by atoms with Crippen LogP contribution in [0.5, 0.6) is 5.88 Å². The summed E-state index contributed by atoms with van der Waals surface area (Å²) < 4.78 is 7.91. The lowest BCUT2D eigenvalue weighted by atomic mass is 9.51. The van der Waals surface area contributed by atoms with E-state index < -0.39 is 28.5 Å². The molecular weight excluding hydrogens is 504 g/mol. The summed E-state index contributed by atoms with van der Waals surface area (Å²) in [6.07, 6.45) is 7.59. The Morgan fingerprint density at radius 1 is 1.05 bits per heavy atom. The highest BCUT2D eigenvalue weighted by Gasteiger charge is 2.68. The first-order valence-corrected chi connectivity index (χ1v) is 14.2. The van der Waals surface area contributed by atoms with Crippen molar-refractivity contribution in [3.8, 4) is 5.88 Å². The van der Waals surface area contributed by atoms with Crippen molar-refractivity contribution in [1.82, 2.24) is 18.9 Å². The SMILES string of the molecule is CN1C(=O)N(C[C@H]2CCOC2)C2(CC3(CCC(n4c(=O)c(C(=N)N)c(O)n(CC5CCC5)c4=O)CC3)C2)C1=O. The van der Waals surface area contributed by atoms with Gasteiger partial charge in [-0.05, 0) is 69.1 Å². The highest BCUT2D eigenvalue weighted by Crippen LogP contribution is 2.62. The normalized spacial score (nSPS) is 32.7. The monoisotopic (exact) mass is 542 g/mol. The second-order valence-electron chi connectivity index (χ2n) is 12.6. The Hall–Kier alpha value is -3.15. The number of urea groups is 1. The van der Waals surface area contributed by atoms with E-state index in [1.165, 1.54) is 14.0 Å². The van der Waals surface area contributed by atoms with Gasteiger partial charge < -0.3 is 20.5 Å². The highest BCUT2D eigenvalue weighted by molar-refractivity contribution is 6.07. The summed E-state index contributed by atoms with van der Waals surface area (Å²) in [7, 11) is 1.55. The molecule has 3 amide bonds. The quantitative estimate of drug-likeness (QED) is 0.277. The van der Waals surface area contributed by atoms with Gasteiger partial charge in [-0.1, -0.05) is 6.42 Å². The van der Waals surface area contributed by atoms with E-state index in [9.17, 15) is 24.3 Å². The topological polar surface area (TPSA) is 164 Å². The Morgan fingerprint density at radius 2 is 1.74 bits per heavy atom. The number of nitrogens with one attached hydrogen (secondary N) is 1. The number of likely N-dealkylation sites (N-methyl/N-ethyl adjacent to an activating group) is 1. The number of carbonyl (C=O) groups excluding carboxylic acids is 2. The van der Waals surface area contributed by atoms with Gasteiger partial charge in [-0.2, -0.15) is 0 Å². The number of imide groups is 1. The van der Waals surface area contributed by atoms with Crippen molar-refractivity contribution in [2.75, 3.05) is 26.8 Å². The number of hydrogen-bond acceptors (Lipinski definition) is 7. The maximum absolute atomic E-state index is 13.5. The molecule has 3 aliphatic carbocycles. The summed E-state index contributed by atoms with van der Waals surface area (Å²) in [6.45, 7) is 2.10. The van der Waals surface area contributed by atoms with Crippen LogP contribution in [0.1, 0.15) is 75.8 Å². The zero-order valence-electron chi connectivity index (χ0n) is 22.5. The number of aromatic hydroxyl groups is 1. The van der Waals surface area contributed by atoms with Crippen molar-refractivity contribution in [2.45, 2.75) is 82.3 Å². The Kier molecular flexibility index (Phi) is 6.16. The molecule has 0 aromatic carbocycles. The van der Waals surface area contributed by atoms with E-state index in [1.807, 2.05) is 0 Å². The maximum atomic E-state index is 13.5. The molecule has 4 N–H and O–H groups in total. The lowest BCUT2D eigenvalue weighted by molar-refractivity contribution is -0.150. The number of amides is 3. The summed E-state index contributed by atoms with van der Waals surface area (Å²) in [5, 5.41) is 18.6. The fourth-order valence-electron chi connectivity index (χ4n) is 7.79. The van der Waals surface area contributed by atoms with Crippen LogP contribution in [-0.4, -0.2) is 74.2 Å².